The minimum Gasteiger partial charge on any atom is -0.495 e. The lowest BCUT2D eigenvalue weighted by atomic mass is 10.3. The Morgan fingerprint density at radius 3 is 2.63 bits per heavy atom. The minimum atomic E-state index is -0.423. The van der Waals surface area contributed by atoms with Gasteiger partial charge in [-0.05, 0) is 19.1 Å². The van der Waals surface area contributed by atoms with E-state index in [1.807, 2.05) is 6.07 Å². The molecule has 0 heterocycles. The van der Waals surface area contributed by atoms with Gasteiger partial charge in [-0.25, -0.2) is 0 Å². The van der Waals surface area contributed by atoms with Crippen molar-refractivity contribution in [2.45, 2.75) is 13.0 Å². The zero-order valence-corrected chi connectivity index (χ0v) is 11.3. The van der Waals surface area contributed by atoms with E-state index in [4.69, 9.17) is 4.74 Å². The molecule has 6 nitrogen and oxygen atoms in total. The molecule has 0 aliphatic carbocycles. The lowest BCUT2D eigenvalue weighted by molar-refractivity contribution is -0.122. The molecule has 0 aliphatic rings. The Balaban J connectivity index is 2.49. The molecule has 0 fully saturated rings. The number of hydrogen-bond donors (Lipinski definition) is 3. The van der Waals surface area contributed by atoms with Gasteiger partial charge >= 0.3 is 0 Å². The maximum absolute atomic E-state index is 11.7. The summed E-state index contributed by atoms with van der Waals surface area (Å²) in [6.45, 7) is 1.74. The van der Waals surface area contributed by atoms with Gasteiger partial charge in [0.2, 0.25) is 11.8 Å². The van der Waals surface area contributed by atoms with Gasteiger partial charge in [-0.3, -0.25) is 14.9 Å². The van der Waals surface area contributed by atoms with Crippen LogP contribution in [0.1, 0.15) is 6.92 Å². The Kier molecular flexibility index (Phi) is 5.81. The maximum atomic E-state index is 11.7. The van der Waals surface area contributed by atoms with Crippen molar-refractivity contribution in [2.24, 2.45) is 0 Å². The highest BCUT2D eigenvalue weighted by Crippen LogP contribution is 2.22. The highest BCUT2D eigenvalue weighted by atomic mass is 16.5. The molecule has 0 bridgehead atoms. The van der Waals surface area contributed by atoms with E-state index in [-0.39, 0.29) is 18.4 Å². The predicted octanol–water partition coefficient (Wildman–Crippen LogP) is 0.358. The normalized spacial score (nSPS) is 11.5. The molecule has 1 aromatic rings. The van der Waals surface area contributed by atoms with Gasteiger partial charge in [0.1, 0.15) is 5.75 Å². The highest BCUT2D eigenvalue weighted by molar-refractivity contribution is 5.94. The quantitative estimate of drug-likeness (QED) is 0.694. The van der Waals surface area contributed by atoms with Crippen molar-refractivity contribution in [1.82, 2.24) is 10.6 Å². The smallest absolute Gasteiger partial charge is 0.238 e. The fraction of sp³-hybridized carbons (Fsp3) is 0.385. The Morgan fingerprint density at radius 2 is 2.00 bits per heavy atom. The molecule has 3 N–H and O–H groups in total. The molecule has 0 spiro atoms. The summed E-state index contributed by atoms with van der Waals surface area (Å²) in [5.41, 5.74) is 0.601. The summed E-state index contributed by atoms with van der Waals surface area (Å²) in [6.07, 6.45) is 0. The van der Waals surface area contributed by atoms with Crippen molar-refractivity contribution < 1.29 is 14.3 Å². The molecule has 1 rings (SSSR count). The second kappa shape index (κ2) is 7.38. The second-order valence-electron chi connectivity index (χ2n) is 3.97. The summed E-state index contributed by atoms with van der Waals surface area (Å²) < 4.78 is 5.13. The van der Waals surface area contributed by atoms with Crippen molar-refractivity contribution in [3.8, 4) is 5.75 Å². The first-order valence-corrected chi connectivity index (χ1v) is 5.96. The van der Waals surface area contributed by atoms with Crippen molar-refractivity contribution >= 4 is 17.5 Å². The van der Waals surface area contributed by atoms with Crippen LogP contribution in [0, 0.1) is 0 Å². The molecular weight excluding hydrogens is 246 g/mol. The average molecular weight is 265 g/mol. The zero-order valence-electron chi connectivity index (χ0n) is 11.3. The number of methoxy groups -OCH3 is 1. The molecule has 1 unspecified atom stereocenters. The van der Waals surface area contributed by atoms with Gasteiger partial charge in [-0.15, -0.1) is 0 Å². The van der Waals surface area contributed by atoms with Crippen molar-refractivity contribution in [2.75, 3.05) is 26.0 Å². The van der Waals surface area contributed by atoms with Crippen LogP contribution in [0.25, 0.3) is 0 Å². The molecule has 0 radical (unpaired) electrons. The van der Waals surface area contributed by atoms with E-state index in [0.717, 1.165) is 0 Å². The predicted molar refractivity (Wildman–Crippen MR) is 73.2 cm³/mol. The Bertz CT molecular complexity index is 449. The summed E-state index contributed by atoms with van der Waals surface area (Å²) in [7, 11) is 3.09. The van der Waals surface area contributed by atoms with E-state index in [9.17, 15) is 9.59 Å². The van der Waals surface area contributed by atoms with Gasteiger partial charge in [0.25, 0.3) is 0 Å². The van der Waals surface area contributed by atoms with Crippen LogP contribution in [0.5, 0.6) is 5.75 Å². The van der Waals surface area contributed by atoms with Crippen LogP contribution in [0.15, 0.2) is 24.3 Å². The SMILES string of the molecule is CNC(=O)C(C)NCC(=O)Nc1ccccc1OC. The number of para-hydroxylation sites is 2. The Labute approximate surface area is 112 Å². The minimum absolute atomic E-state index is 0.0482. The number of likely N-dealkylation sites (N-methyl/N-ethyl adjacent to an activating group) is 1. The summed E-state index contributed by atoms with van der Waals surface area (Å²) in [5, 5.41) is 8.04. The van der Waals surface area contributed by atoms with E-state index in [1.165, 1.54) is 7.11 Å². The molecular formula is C13H19N3O3. The lowest BCUT2D eigenvalue weighted by Gasteiger charge is -2.13. The number of ether oxygens (including phenoxy) is 1. The molecule has 19 heavy (non-hydrogen) atoms. The molecule has 1 atom stereocenters. The third-order valence-electron chi connectivity index (χ3n) is 2.59. The number of rotatable bonds is 6. The van der Waals surface area contributed by atoms with Crippen LogP contribution in [-0.2, 0) is 9.59 Å². The molecule has 2 amide bonds. The number of nitrogens with one attached hydrogen (secondary N) is 3. The summed E-state index contributed by atoms with van der Waals surface area (Å²) >= 11 is 0. The first-order valence-electron chi connectivity index (χ1n) is 5.96. The number of carbonyl (C=O) groups excluding carboxylic acids is 2. The Morgan fingerprint density at radius 1 is 1.32 bits per heavy atom. The van der Waals surface area contributed by atoms with E-state index in [2.05, 4.69) is 16.0 Å². The number of amides is 2. The Hall–Kier alpha value is -2.08. The van der Waals surface area contributed by atoms with Gasteiger partial charge in [0, 0.05) is 7.05 Å². The van der Waals surface area contributed by atoms with Crippen LogP contribution >= 0.6 is 0 Å². The van der Waals surface area contributed by atoms with Gasteiger partial charge in [0.05, 0.1) is 25.4 Å². The molecule has 1 aromatic carbocycles. The van der Waals surface area contributed by atoms with E-state index < -0.39 is 6.04 Å². The number of benzene rings is 1. The van der Waals surface area contributed by atoms with Gasteiger partial charge < -0.3 is 15.4 Å². The largest absolute Gasteiger partial charge is 0.495 e. The molecule has 0 aromatic heterocycles. The third-order valence-corrected chi connectivity index (χ3v) is 2.59. The van der Waals surface area contributed by atoms with E-state index >= 15 is 0 Å². The van der Waals surface area contributed by atoms with E-state index in [0.29, 0.717) is 11.4 Å². The van der Waals surface area contributed by atoms with Gasteiger partial charge in [0.15, 0.2) is 0 Å². The van der Waals surface area contributed by atoms with Crippen molar-refractivity contribution in [3.05, 3.63) is 24.3 Å². The standard InChI is InChI=1S/C13H19N3O3/c1-9(13(18)14-2)15-8-12(17)16-10-6-4-5-7-11(10)19-3/h4-7,9,15H,8H2,1-3H3,(H,14,18)(H,16,17). The van der Waals surface area contributed by atoms with Crippen LogP contribution in [-0.4, -0.2) is 38.6 Å². The van der Waals surface area contributed by atoms with Crippen LogP contribution in [0.2, 0.25) is 0 Å². The summed E-state index contributed by atoms with van der Waals surface area (Å²) in [5.74, 6) is 0.195. The maximum Gasteiger partial charge on any atom is 0.238 e. The fourth-order valence-corrected chi connectivity index (χ4v) is 1.50. The number of hydrogen-bond acceptors (Lipinski definition) is 4. The van der Waals surface area contributed by atoms with Crippen molar-refractivity contribution in [1.29, 1.82) is 0 Å². The second-order valence-corrected chi connectivity index (χ2v) is 3.97. The molecule has 6 heteroatoms. The number of anilines is 1. The molecule has 0 saturated carbocycles. The van der Waals surface area contributed by atoms with Gasteiger partial charge in [-0.1, -0.05) is 12.1 Å². The highest BCUT2D eigenvalue weighted by Gasteiger charge is 2.12. The first-order chi connectivity index (χ1) is 9.08. The molecule has 0 aliphatic heterocycles. The van der Waals surface area contributed by atoms with Crippen LogP contribution < -0.4 is 20.7 Å². The third kappa shape index (κ3) is 4.59. The van der Waals surface area contributed by atoms with Crippen LogP contribution in [0.4, 0.5) is 5.69 Å². The van der Waals surface area contributed by atoms with Gasteiger partial charge in [-0.2, -0.15) is 0 Å². The number of carbonyl (C=O) groups is 2. The fourth-order valence-electron chi connectivity index (χ4n) is 1.50. The lowest BCUT2D eigenvalue weighted by Crippen LogP contribution is -2.43. The monoisotopic (exact) mass is 265 g/mol. The first kappa shape index (κ1) is 15.0. The summed E-state index contributed by atoms with van der Waals surface area (Å²) in [6, 6.07) is 6.71. The molecule has 0 saturated heterocycles. The topological polar surface area (TPSA) is 79.5 Å². The zero-order chi connectivity index (χ0) is 14.3. The summed E-state index contributed by atoms with van der Waals surface area (Å²) in [4.78, 5) is 23.0. The molecule has 104 valence electrons. The van der Waals surface area contributed by atoms with Crippen LogP contribution in [0.3, 0.4) is 0 Å². The van der Waals surface area contributed by atoms with Crippen molar-refractivity contribution in [3.63, 3.8) is 0 Å². The van der Waals surface area contributed by atoms with E-state index in [1.54, 1.807) is 32.2 Å². The average Bonchev–Trinajstić information content (AvgIpc) is 2.44.